The van der Waals surface area contributed by atoms with Crippen LogP contribution in [-0.2, 0) is 19.6 Å². The molecule has 0 N–H and O–H groups in total. The minimum absolute atomic E-state index is 0.396. The average Bonchev–Trinajstić information content (AvgIpc) is 2.64. The third-order valence-electron chi connectivity index (χ3n) is 2.54. The van der Waals surface area contributed by atoms with Crippen LogP contribution in [0.15, 0.2) is 36.7 Å². The van der Waals surface area contributed by atoms with E-state index in [1.807, 2.05) is 7.05 Å². The molecule has 2 nitrogen and oxygen atoms in total. The summed E-state index contributed by atoms with van der Waals surface area (Å²) in [5.41, 5.74) is -0.0154. The molecule has 2 rings (SSSR count). The fraction of sp³-hybridized carbons (Fsp3) is 0.250. The maximum atomic E-state index is 12.5. The van der Waals surface area contributed by atoms with E-state index in [0.29, 0.717) is 12.0 Å². The van der Waals surface area contributed by atoms with Crippen molar-refractivity contribution in [3.63, 3.8) is 0 Å². The van der Waals surface area contributed by atoms with Gasteiger partial charge in [0.25, 0.3) is 0 Å². The summed E-state index contributed by atoms with van der Waals surface area (Å²) >= 11 is 0. The van der Waals surface area contributed by atoms with Crippen LogP contribution in [-0.4, -0.2) is 9.55 Å². The van der Waals surface area contributed by atoms with Crippen molar-refractivity contribution < 1.29 is 13.2 Å². The van der Waals surface area contributed by atoms with Gasteiger partial charge in [0.2, 0.25) is 0 Å². The Bertz CT molecular complexity index is 514. The van der Waals surface area contributed by atoms with Crippen molar-refractivity contribution in [1.82, 2.24) is 9.55 Å². The van der Waals surface area contributed by atoms with Crippen LogP contribution in [0.1, 0.15) is 17.0 Å². The van der Waals surface area contributed by atoms with E-state index in [4.69, 9.17) is 0 Å². The minimum Gasteiger partial charge on any atom is -0.338 e. The third kappa shape index (κ3) is 2.67. The van der Waals surface area contributed by atoms with Crippen molar-refractivity contribution in [3.05, 3.63) is 53.6 Å². The van der Waals surface area contributed by atoms with Crippen molar-refractivity contribution >= 4 is 0 Å². The van der Waals surface area contributed by atoms with Gasteiger partial charge in [-0.15, -0.1) is 0 Å². The van der Waals surface area contributed by atoms with Crippen molar-refractivity contribution in [2.75, 3.05) is 0 Å². The Hall–Kier alpha value is -1.78. The van der Waals surface area contributed by atoms with Gasteiger partial charge in [-0.3, -0.25) is 0 Å². The lowest BCUT2D eigenvalue weighted by Gasteiger charge is -2.08. The van der Waals surface area contributed by atoms with E-state index in [1.165, 1.54) is 6.07 Å². The number of imidazole rings is 1. The summed E-state index contributed by atoms with van der Waals surface area (Å²) in [5, 5.41) is 0. The summed E-state index contributed by atoms with van der Waals surface area (Å²) < 4.78 is 39.3. The molecule has 0 amide bonds. The molecule has 0 radical (unpaired) electrons. The molecule has 90 valence electrons. The van der Waals surface area contributed by atoms with E-state index in [-0.39, 0.29) is 0 Å². The van der Waals surface area contributed by atoms with Crippen LogP contribution in [0, 0.1) is 0 Å². The first-order chi connectivity index (χ1) is 7.97. The Balaban J connectivity index is 2.26. The van der Waals surface area contributed by atoms with Gasteiger partial charge in [-0.25, -0.2) is 4.98 Å². The highest BCUT2D eigenvalue weighted by atomic mass is 19.4. The third-order valence-corrected chi connectivity index (χ3v) is 2.54. The number of halogens is 3. The molecule has 0 atom stereocenters. The topological polar surface area (TPSA) is 17.8 Å². The number of rotatable bonds is 2. The number of nitrogens with zero attached hydrogens (tertiary/aromatic N) is 2. The average molecular weight is 240 g/mol. The Morgan fingerprint density at radius 2 is 2.06 bits per heavy atom. The van der Waals surface area contributed by atoms with E-state index in [9.17, 15) is 13.2 Å². The SMILES string of the molecule is Cn1ccnc1Cc1cccc(C(F)(F)F)c1. The summed E-state index contributed by atoms with van der Waals surface area (Å²) in [7, 11) is 1.82. The van der Waals surface area contributed by atoms with Gasteiger partial charge in [-0.1, -0.05) is 18.2 Å². The van der Waals surface area contributed by atoms with Gasteiger partial charge in [-0.2, -0.15) is 13.2 Å². The maximum absolute atomic E-state index is 12.5. The molecule has 0 bridgehead atoms. The molecule has 1 aromatic carbocycles. The molecular formula is C12H11F3N2. The highest BCUT2D eigenvalue weighted by Crippen LogP contribution is 2.29. The molecule has 17 heavy (non-hydrogen) atoms. The zero-order chi connectivity index (χ0) is 12.5. The standard InChI is InChI=1S/C12H11F3N2/c1-17-6-5-16-11(17)8-9-3-2-4-10(7-9)12(13,14)15/h2-7H,8H2,1H3. The Labute approximate surface area is 96.7 Å². The summed E-state index contributed by atoms with van der Waals surface area (Å²) in [6, 6.07) is 5.32. The maximum Gasteiger partial charge on any atom is 0.416 e. The quantitative estimate of drug-likeness (QED) is 0.789. The van der Waals surface area contributed by atoms with Crippen LogP contribution in [0.5, 0.6) is 0 Å². The van der Waals surface area contributed by atoms with E-state index < -0.39 is 11.7 Å². The number of hydrogen-bond donors (Lipinski definition) is 0. The molecule has 1 aromatic heterocycles. The molecule has 0 spiro atoms. The van der Waals surface area contributed by atoms with E-state index in [1.54, 1.807) is 23.0 Å². The number of aromatic nitrogens is 2. The molecular weight excluding hydrogens is 229 g/mol. The fourth-order valence-corrected chi connectivity index (χ4v) is 1.61. The Morgan fingerprint density at radius 3 is 2.65 bits per heavy atom. The van der Waals surface area contributed by atoms with Crippen LogP contribution < -0.4 is 0 Å². The smallest absolute Gasteiger partial charge is 0.338 e. The Morgan fingerprint density at radius 1 is 1.29 bits per heavy atom. The molecule has 5 heteroatoms. The van der Waals surface area contributed by atoms with Crippen molar-refractivity contribution in [2.45, 2.75) is 12.6 Å². The van der Waals surface area contributed by atoms with Gasteiger partial charge in [0, 0.05) is 25.9 Å². The van der Waals surface area contributed by atoms with Crippen LogP contribution in [0.25, 0.3) is 0 Å². The molecule has 0 saturated heterocycles. The van der Waals surface area contributed by atoms with Crippen molar-refractivity contribution in [2.24, 2.45) is 7.05 Å². The van der Waals surface area contributed by atoms with Crippen LogP contribution in [0.2, 0.25) is 0 Å². The second-order valence-electron chi connectivity index (χ2n) is 3.83. The van der Waals surface area contributed by atoms with Crippen LogP contribution in [0.4, 0.5) is 13.2 Å². The molecule has 1 heterocycles. The van der Waals surface area contributed by atoms with Gasteiger partial charge < -0.3 is 4.57 Å². The van der Waals surface area contributed by atoms with Gasteiger partial charge in [0.1, 0.15) is 5.82 Å². The summed E-state index contributed by atoms with van der Waals surface area (Å²) in [6.07, 6.45) is -0.503. The molecule has 0 aliphatic carbocycles. The van der Waals surface area contributed by atoms with Gasteiger partial charge in [-0.05, 0) is 11.6 Å². The van der Waals surface area contributed by atoms with Gasteiger partial charge >= 0.3 is 6.18 Å². The summed E-state index contributed by atoms with van der Waals surface area (Å²) in [4.78, 5) is 4.08. The van der Waals surface area contributed by atoms with Crippen LogP contribution >= 0.6 is 0 Å². The van der Waals surface area contributed by atoms with Gasteiger partial charge in [0.15, 0.2) is 0 Å². The lowest BCUT2D eigenvalue weighted by molar-refractivity contribution is -0.137. The van der Waals surface area contributed by atoms with Crippen LogP contribution in [0.3, 0.4) is 0 Å². The first-order valence-corrected chi connectivity index (χ1v) is 5.09. The molecule has 0 aliphatic rings. The first kappa shape index (κ1) is 11.7. The zero-order valence-electron chi connectivity index (χ0n) is 9.20. The summed E-state index contributed by atoms with van der Waals surface area (Å²) in [6.45, 7) is 0. The molecule has 0 fully saturated rings. The molecule has 0 aliphatic heterocycles. The lowest BCUT2D eigenvalue weighted by Crippen LogP contribution is -2.06. The highest BCUT2D eigenvalue weighted by Gasteiger charge is 2.30. The largest absolute Gasteiger partial charge is 0.416 e. The molecule has 2 aromatic rings. The Kier molecular flexibility index (Phi) is 2.92. The second kappa shape index (κ2) is 4.24. The van der Waals surface area contributed by atoms with Crippen molar-refractivity contribution in [3.8, 4) is 0 Å². The first-order valence-electron chi connectivity index (χ1n) is 5.09. The summed E-state index contributed by atoms with van der Waals surface area (Å²) in [5.74, 6) is 0.740. The normalized spacial score (nSPS) is 11.8. The predicted molar refractivity (Wildman–Crippen MR) is 57.5 cm³/mol. The molecule has 0 saturated carbocycles. The zero-order valence-corrected chi connectivity index (χ0v) is 9.20. The van der Waals surface area contributed by atoms with E-state index in [0.717, 1.165) is 18.0 Å². The predicted octanol–water partition coefficient (Wildman–Crippen LogP) is 3.03. The van der Waals surface area contributed by atoms with Crippen molar-refractivity contribution in [1.29, 1.82) is 0 Å². The second-order valence-corrected chi connectivity index (χ2v) is 3.83. The monoisotopic (exact) mass is 240 g/mol. The number of alkyl halides is 3. The van der Waals surface area contributed by atoms with E-state index in [2.05, 4.69) is 4.98 Å². The van der Waals surface area contributed by atoms with Gasteiger partial charge in [0.05, 0.1) is 5.56 Å². The highest BCUT2D eigenvalue weighted by molar-refractivity contribution is 5.27. The number of hydrogen-bond acceptors (Lipinski definition) is 1. The molecule has 0 unspecified atom stereocenters. The lowest BCUT2D eigenvalue weighted by atomic mass is 10.1. The minimum atomic E-state index is -4.29. The number of benzene rings is 1. The van der Waals surface area contributed by atoms with E-state index >= 15 is 0 Å². The number of aryl methyl sites for hydroxylation is 1. The fourth-order valence-electron chi connectivity index (χ4n) is 1.61.